The number of carbonyl (C=O) groups excluding carboxylic acids is 1. The molecule has 2 heterocycles. The Balaban J connectivity index is 1.44. The maximum Gasteiger partial charge on any atom is 0.262 e. The lowest BCUT2D eigenvalue weighted by atomic mass is 10.2. The molecule has 33 heavy (non-hydrogen) atoms. The second kappa shape index (κ2) is 10.7. The molecular weight excluding hydrogens is 456 g/mol. The number of aliphatic hydroxyl groups is 1. The number of amides is 1. The molecule has 7 nitrogen and oxygen atoms in total. The third-order valence-corrected chi connectivity index (χ3v) is 6.87. The molecule has 0 unspecified atom stereocenters. The Morgan fingerprint density at radius 2 is 1.94 bits per heavy atom. The molecule has 4 aromatic rings. The molecule has 2 aromatic carbocycles. The smallest absolute Gasteiger partial charge is 0.262 e. The summed E-state index contributed by atoms with van der Waals surface area (Å²) in [6.45, 7) is 2.40. The van der Waals surface area contributed by atoms with Gasteiger partial charge in [-0.15, -0.1) is 11.3 Å². The van der Waals surface area contributed by atoms with Gasteiger partial charge in [0.05, 0.1) is 23.0 Å². The minimum Gasteiger partial charge on any atom is -0.396 e. The molecule has 0 radical (unpaired) electrons. The van der Waals surface area contributed by atoms with E-state index >= 15 is 0 Å². The van der Waals surface area contributed by atoms with Gasteiger partial charge in [0.2, 0.25) is 5.91 Å². The van der Waals surface area contributed by atoms with Crippen LogP contribution in [0.25, 0.3) is 10.9 Å². The number of rotatable bonds is 9. The summed E-state index contributed by atoms with van der Waals surface area (Å²) in [4.78, 5) is 34.5. The number of aromatic nitrogens is 3. The zero-order chi connectivity index (χ0) is 23.2. The number of hydrogen-bond donors (Lipinski definition) is 2. The number of anilines is 1. The van der Waals surface area contributed by atoms with E-state index in [1.54, 1.807) is 10.6 Å². The minimum absolute atomic E-state index is 0.00344. The number of para-hydroxylation sites is 1. The van der Waals surface area contributed by atoms with Crippen LogP contribution in [-0.4, -0.2) is 32.2 Å². The lowest BCUT2D eigenvalue weighted by Gasteiger charge is -2.12. The number of carbonyl (C=O) groups is 1. The van der Waals surface area contributed by atoms with E-state index in [1.165, 1.54) is 23.1 Å². The number of thiazole rings is 1. The summed E-state index contributed by atoms with van der Waals surface area (Å²) in [5.74, 6) is 0.418. The molecule has 9 heteroatoms. The lowest BCUT2D eigenvalue weighted by molar-refractivity contribution is -0.115. The van der Waals surface area contributed by atoms with Crippen molar-refractivity contribution in [2.45, 2.75) is 37.2 Å². The predicted octanol–water partition coefficient (Wildman–Crippen LogP) is 4.02. The highest BCUT2D eigenvalue weighted by Gasteiger charge is 2.13. The molecule has 0 aliphatic rings. The second-order valence-electron chi connectivity index (χ2n) is 7.56. The molecule has 2 N–H and O–H groups in total. The van der Waals surface area contributed by atoms with Crippen LogP contribution >= 0.6 is 23.1 Å². The van der Waals surface area contributed by atoms with Gasteiger partial charge >= 0.3 is 0 Å². The first kappa shape index (κ1) is 23.2. The molecule has 0 atom stereocenters. The van der Waals surface area contributed by atoms with Gasteiger partial charge in [-0.1, -0.05) is 41.6 Å². The van der Waals surface area contributed by atoms with E-state index in [0.717, 1.165) is 22.0 Å². The topological polar surface area (TPSA) is 97.1 Å². The van der Waals surface area contributed by atoms with Crippen LogP contribution < -0.4 is 10.9 Å². The summed E-state index contributed by atoms with van der Waals surface area (Å²) >= 11 is 2.87. The van der Waals surface area contributed by atoms with Crippen LogP contribution in [0.15, 0.2) is 63.9 Å². The molecule has 0 spiro atoms. The lowest BCUT2D eigenvalue weighted by Crippen LogP contribution is -2.24. The Morgan fingerprint density at radius 1 is 1.15 bits per heavy atom. The highest BCUT2D eigenvalue weighted by atomic mass is 32.2. The Morgan fingerprint density at radius 3 is 2.73 bits per heavy atom. The normalized spacial score (nSPS) is 11.1. The first-order valence-electron chi connectivity index (χ1n) is 10.6. The number of aliphatic hydroxyl groups excluding tert-OH is 1. The Bertz CT molecular complexity index is 1320. The molecular formula is C24H24N4O3S2. The molecule has 2 aromatic heterocycles. The van der Waals surface area contributed by atoms with Crippen molar-refractivity contribution in [3.8, 4) is 0 Å². The van der Waals surface area contributed by atoms with Crippen molar-refractivity contribution >= 4 is 45.6 Å². The first-order valence-corrected chi connectivity index (χ1v) is 12.4. The fourth-order valence-corrected chi connectivity index (χ4v) is 5.11. The predicted molar refractivity (Wildman–Crippen MR) is 133 cm³/mol. The average Bonchev–Trinajstić information content (AvgIpc) is 3.26. The maximum absolute atomic E-state index is 12.9. The number of aryl methyl sites for hydroxylation is 1. The molecule has 4 rings (SSSR count). The van der Waals surface area contributed by atoms with Gasteiger partial charge in [0.1, 0.15) is 5.01 Å². The largest absolute Gasteiger partial charge is 0.396 e. The number of hydrogen-bond acceptors (Lipinski definition) is 7. The maximum atomic E-state index is 12.9. The summed E-state index contributed by atoms with van der Waals surface area (Å²) in [6.07, 6.45) is 0.684. The number of nitrogens with zero attached hydrogens (tertiary/aromatic N) is 3. The van der Waals surface area contributed by atoms with E-state index < -0.39 is 0 Å². The van der Waals surface area contributed by atoms with Gasteiger partial charge in [0.15, 0.2) is 5.16 Å². The Hall–Kier alpha value is -3.01. The average molecular weight is 481 g/mol. The zero-order valence-electron chi connectivity index (χ0n) is 18.2. The van der Waals surface area contributed by atoms with E-state index in [2.05, 4.69) is 15.3 Å². The van der Waals surface area contributed by atoms with Gasteiger partial charge in [0.25, 0.3) is 5.56 Å². The van der Waals surface area contributed by atoms with Crippen molar-refractivity contribution in [3.05, 3.63) is 80.5 Å². The van der Waals surface area contributed by atoms with Crippen molar-refractivity contribution in [1.29, 1.82) is 0 Å². The first-order chi connectivity index (χ1) is 16.0. The Kier molecular flexibility index (Phi) is 7.54. The van der Waals surface area contributed by atoms with E-state index in [4.69, 9.17) is 0 Å². The molecule has 170 valence electrons. The van der Waals surface area contributed by atoms with E-state index in [-0.39, 0.29) is 24.5 Å². The number of benzene rings is 2. The van der Waals surface area contributed by atoms with Crippen LogP contribution in [0.5, 0.6) is 0 Å². The molecule has 0 saturated heterocycles. The van der Waals surface area contributed by atoms with Crippen molar-refractivity contribution in [2.24, 2.45) is 0 Å². The van der Waals surface area contributed by atoms with Crippen molar-refractivity contribution in [1.82, 2.24) is 14.5 Å². The van der Waals surface area contributed by atoms with Gasteiger partial charge in [0, 0.05) is 30.0 Å². The monoisotopic (exact) mass is 480 g/mol. The van der Waals surface area contributed by atoms with E-state index in [0.29, 0.717) is 34.8 Å². The fraction of sp³-hybridized carbons (Fsp3) is 0.250. The molecule has 0 bridgehead atoms. The van der Waals surface area contributed by atoms with Crippen LogP contribution in [-0.2, 0) is 23.5 Å². The molecule has 0 fully saturated rings. The number of fused-ring (bicyclic) bond motifs is 1. The summed E-state index contributed by atoms with van der Waals surface area (Å²) in [5, 5.41) is 15.9. The fourth-order valence-electron chi connectivity index (χ4n) is 3.30. The molecule has 0 aliphatic heterocycles. The van der Waals surface area contributed by atoms with Crippen molar-refractivity contribution in [2.75, 3.05) is 11.9 Å². The van der Waals surface area contributed by atoms with Crippen molar-refractivity contribution in [3.63, 3.8) is 0 Å². The summed E-state index contributed by atoms with van der Waals surface area (Å²) < 4.78 is 1.62. The van der Waals surface area contributed by atoms with Crippen LogP contribution in [0.2, 0.25) is 0 Å². The standard InChI is InChI=1S/C24H24N4O3S2/c1-16-7-9-17(10-8-16)25-21(30)13-22-26-18(14-32-22)15-33-24-27-20-6-3-2-5-19(20)23(31)28(24)11-4-12-29/h2-3,5-10,14,29H,4,11-13,15H2,1H3,(H,25,30). The van der Waals surface area contributed by atoms with Gasteiger partial charge in [-0.2, -0.15) is 0 Å². The van der Waals surface area contributed by atoms with Gasteiger partial charge in [-0.3, -0.25) is 14.2 Å². The van der Waals surface area contributed by atoms with Crippen LogP contribution in [0.3, 0.4) is 0 Å². The van der Waals surface area contributed by atoms with E-state index in [1.807, 2.05) is 54.8 Å². The zero-order valence-corrected chi connectivity index (χ0v) is 19.8. The molecule has 0 saturated carbocycles. The van der Waals surface area contributed by atoms with Gasteiger partial charge in [-0.25, -0.2) is 9.97 Å². The van der Waals surface area contributed by atoms with Crippen LogP contribution in [0.1, 0.15) is 22.7 Å². The molecule has 1 amide bonds. The quantitative estimate of drug-likeness (QED) is 0.277. The summed E-state index contributed by atoms with van der Waals surface area (Å²) in [5.41, 5.74) is 3.28. The molecule has 0 aliphatic carbocycles. The summed E-state index contributed by atoms with van der Waals surface area (Å²) in [7, 11) is 0. The number of nitrogens with one attached hydrogen (secondary N) is 1. The van der Waals surface area contributed by atoms with E-state index in [9.17, 15) is 14.7 Å². The minimum atomic E-state index is -0.110. The SMILES string of the molecule is Cc1ccc(NC(=O)Cc2nc(CSc3nc4ccccc4c(=O)n3CCCO)cs2)cc1. The third-order valence-electron chi connectivity index (χ3n) is 4.96. The van der Waals surface area contributed by atoms with Gasteiger partial charge < -0.3 is 10.4 Å². The van der Waals surface area contributed by atoms with Crippen LogP contribution in [0.4, 0.5) is 5.69 Å². The Labute approximate surface area is 199 Å². The number of thioether (sulfide) groups is 1. The second-order valence-corrected chi connectivity index (χ2v) is 9.44. The summed E-state index contributed by atoms with van der Waals surface area (Å²) in [6, 6.07) is 14.9. The van der Waals surface area contributed by atoms with Crippen molar-refractivity contribution < 1.29 is 9.90 Å². The highest BCUT2D eigenvalue weighted by molar-refractivity contribution is 7.98. The van der Waals surface area contributed by atoms with Crippen LogP contribution in [0, 0.1) is 6.92 Å². The highest BCUT2D eigenvalue weighted by Crippen LogP contribution is 2.24. The van der Waals surface area contributed by atoms with Gasteiger partial charge in [-0.05, 0) is 37.6 Å². The third kappa shape index (κ3) is 5.87.